The lowest BCUT2D eigenvalue weighted by Gasteiger charge is -2.24. The van der Waals surface area contributed by atoms with Gasteiger partial charge in [0.05, 0.1) is 17.5 Å². The van der Waals surface area contributed by atoms with Crippen molar-refractivity contribution < 1.29 is 0 Å². The zero-order chi connectivity index (χ0) is 17.1. The predicted octanol–water partition coefficient (Wildman–Crippen LogP) is 4.28. The highest BCUT2D eigenvalue weighted by molar-refractivity contribution is 7.98. The van der Waals surface area contributed by atoms with Crippen molar-refractivity contribution in [2.24, 2.45) is 7.05 Å². The maximum atomic E-state index is 12.7. The molecule has 3 rings (SSSR count). The number of nitriles is 1. The zero-order valence-corrected chi connectivity index (χ0v) is 15.2. The summed E-state index contributed by atoms with van der Waals surface area (Å²) in [5, 5.41) is 10.8. The highest BCUT2D eigenvalue weighted by Crippen LogP contribution is 2.34. The van der Waals surface area contributed by atoms with E-state index < -0.39 is 0 Å². The molecule has 2 aromatic rings. The Labute approximate surface area is 151 Å². The standard InChI is InChI=1S/C19H19ClN2OS/c1-22-18(23)15(10-11-21)14-7-3-4-8-16(14)19(22)24-12-13-6-2-5-9-17(13)20/h2,5-6,9H,3-4,7-8,10,12H2,1H3. The SMILES string of the molecule is Cn1c(SCc2ccccc2Cl)c2c(c(CC#N)c1=O)CCCC2. The van der Waals surface area contributed by atoms with Gasteiger partial charge in [-0.2, -0.15) is 5.26 Å². The van der Waals surface area contributed by atoms with Gasteiger partial charge in [-0.05, 0) is 48.4 Å². The molecule has 24 heavy (non-hydrogen) atoms. The molecule has 0 saturated carbocycles. The second-order valence-electron chi connectivity index (χ2n) is 6.03. The van der Waals surface area contributed by atoms with E-state index in [0.717, 1.165) is 52.6 Å². The number of pyridine rings is 1. The fraction of sp³-hybridized carbons (Fsp3) is 0.368. The lowest BCUT2D eigenvalue weighted by molar-refractivity contribution is 0.625. The normalized spacial score (nSPS) is 13.4. The van der Waals surface area contributed by atoms with Gasteiger partial charge in [0, 0.05) is 23.4 Å². The first-order valence-corrected chi connectivity index (χ1v) is 9.46. The topological polar surface area (TPSA) is 45.8 Å². The number of rotatable bonds is 4. The van der Waals surface area contributed by atoms with Crippen LogP contribution in [-0.4, -0.2) is 4.57 Å². The lowest BCUT2D eigenvalue weighted by Crippen LogP contribution is -2.28. The Balaban J connectivity index is 2.02. The Hall–Kier alpha value is -1.70. The fourth-order valence-electron chi connectivity index (χ4n) is 3.31. The van der Waals surface area contributed by atoms with E-state index in [4.69, 9.17) is 16.9 Å². The number of benzene rings is 1. The summed E-state index contributed by atoms with van der Waals surface area (Å²) in [6.07, 6.45) is 4.31. The van der Waals surface area contributed by atoms with Gasteiger partial charge in [-0.25, -0.2) is 0 Å². The number of fused-ring (bicyclic) bond motifs is 1. The van der Waals surface area contributed by atoms with E-state index >= 15 is 0 Å². The molecule has 0 fully saturated rings. The molecule has 0 radical (unpaired) electrons. The monoisotopic (exact) mass is 358 g/mol. The molecule has 0 aliphatic heterocycles. The van der Waals surface area contributed by atoms with E-state index in [-0.39, 0.29) is 12.0 Å². The first kappa shape index (κ1) is 17.1. The van der Waals surface area contributed by atoms with Crippen molar-refractivity contribution in [2.45, 2.75) is 42.9 Å². The van der Waals surface area contributed by atoms with Gasteiger partial charge in [0.25, 0.3) is 5.56 Å². The van der Waals surface area contributed by atoms with E-state index in [9.17, 15) is 4.79 Å². The predicted molar refractivity (Wildman–Crippen MR) is 98.7 cm³/mol. The number of nitrogens with zero attached hydrogens (tertiary/aromatic N) is 2. The third kappa shape index (κ3) is 3.24. The van der Waals surface area contributed by atoms with Crippen LogP contribution < -0.4 is 5.56 Å². The third-order valence-electron chi connectivity index (χ3n) is 4.54. The minimum Gasteiger partial charge on any atom is -0.306 e. The van der Waals surface area contributed by atoms with Crippen LogP contribution in [0.5, 0.6) is 0 Å². The van der Waals surface area contributed by atoms with Crippen LogP contribution in [0.15, 0.2) is 34.1 Å². The Kier molecular flexibility index (Phi) is 5.33. The number of aromatic nitrogens is 1. The summed E-state index contributed by atoms with van der Waals surface area (Å²) >= 11 is 7.92. The molecular formula is C19H19ClN2OS. The summed E-state index contributed by atoms with van der Waals surface area (Å²) in [7, 11) is 1.81. The van der Waals surface area contributed by atoms with Gasteiger partial charge >= 0.3 is 0 Å². The zero-order valence-electron chi connectivity index (χ0n) is 13.6. The first-order valence-electron chi connectivity index (χ1n) is 8.10. The molecule has 1 aliphatic carbocycles. The van der Waals surface area contributed by atoms with Gasteiger partial charge in [-0.1, -0.05) is 29.8 Å². The Morgan fingerprint density at radius 2 is 1.96 bits per heavy atom. The molecule has 1 aromatic carbocycles. The largest absolute Gasteiger partial charge is 0.306 e. The van der Waals surface area contributed by atoms with Crippen LogP contribution in [0.4, 0.5) is 0 Å². The van der Waals surface area contributed by atoms with E-state index in [2.05, 4.69) is 6.07 Å². The van der Waals surface area contributed by atoms with Crippen LogP contribution in [0.25, 0.3) is 0 Å². The minimum atomic E-state index is -0.0288. The molecule has 0 saturated heterocycles. The van der Waals surface area contributed by atoms with Gasteiger partial charge in [-0.15, -0.1) is 11.8 Å². The van der Waals surface area contributed by atoms with Crippen molar-refractivity contribution in [1.29, 1.82) is 5.26 Å². The summed E-state index contributed by atoms with van der Waals surface area (Å²) in [5.41, 5.74) is 4.11. The van der Waals surface area contributed by atoms with E-state index in [1.165, 1.54) is 5.56 Å². The summed E-state index contributed by atoms with van der Waals surface area (Å²) in [6.45, 7) is 0. The second kappa shape index (κ2) is 7.46. The maximum absolute atomic E-state index is 12.7. The fourth-order valence-corrected chi connectivity index (χ4v) is 4.81. The number of halogens is 1. The molecule has 0 bridgehead atoms. The van der Waals surface area contributed by atoms with Crippen LogP contribution in [0.2, 0.25) is 5.02 Å². The van der Waals surface area contributed by atoms with Gasteiger partial charge in [0.15, 0.2) is 0 Å². The van der Waals surface area contributed by atoms with Crippen molar-refractivity contribution in [1.82, 2.24) is 4.57 Å². The molecule has 3 nitrogen and oxygen atoms in total. The maximum Gasteiger partial charge on any atom is 0.255 e. The molecule has 0 atom stereocenters. The highest BCUT2D eigenvalue weighted by Gasteiger charge is 2.22. The van der Waals surface area contributed by atoms with Gasteiger partial charge in [-0.3, -0.25) is 4.79 Å². The van der Waals surface area contributed by atoms with Gasteiger partial charge in [0.1, 0.15) is 0 Å². The number of thioether (sulfide) groups is 1. The molecule has 1 aliphatic rings. The highest BCUT2D eigenvalue weighted by atomic mass is 35.5. The van der Waals surface area contributed by atoms with Gasteiger partial charge in [0.2, 0.25) is 0 Å². The third-order valence-corrected chi connectivity index (χ3v) is 6.15. The number of hydrogen-bond acceptors (Lipinski definition) is 3. The van der Waals surface area contributed by atoms with E-state index in [1.807, 2.05) is 31.3 Å². The summed E-state index contributed by atoms with van der Waals surface area (Å²) in [4.78, 5) is 12.7. The molecule has 0 N–H and O–H groups in total. The van der Waals surface area contributed by atoms with E-state index in [1.54, 1.807) is 16.3 Å². The summed E-state index contributed by atoms with van der Waals surface area (Å²) in [6, 6.07) is 9.96. The van der Waals surface area contributed by atoms with Crippen molar-refractivity contribution in [3.05, 3.63) is 61.9 Å². The molecule has 1 heterocycles. The van der Waals surface area contributed by atoms with Crippen molar-refractivity contribution in [3.8, 4) is 6.07 Å². The van der Waals surface area contributed by atoms with Crippen LogP contribution in [0.1, 0.15) is 35.1 Å². The minimum absolute atomic E-state index is 0.0288. The molecular weight excluding hydrogens is 340 g/mol. The summed E-state index contributed by atoms with van der Waals surface area (Å²) < 4.78 is 1.72. The Morgan fingerprint density at radius 3 is 2.67 bits per heavy atom. The van der Waals surface area contributed by atoms with Gasteiger partial charge < -0.3 is 4.57 Å². The van der Waals surface area contributed by atoms with Crippen molar-refractivity contribution in [2.75, 3.05) is 0 Å². The van der Waals surface area contributed by atoms with Crippen molar-refractivity contribution in [3.63, 3.8) is 0 Å². The van der Waals surface area contributed by atoms with Crippen molar-refractivity contribution >= 4 is 23.4 Å². The van der Waals surface area contributed by atoms with Crippen LogP contribution in [0.3, 0.4) is 0 Å². The lowest BCUT2D eigenvalue weighted by atomic mass is 9.89. The smallest absolute Gasteiger partial charge is 0.255 e. The summed E-state index contributed by atoms with van der Waals surface area (Å²) in [5.74, 6) is 0.733. The quantitative estimate of drug-likeness (QED) is 0.766. The average Bonchev–Trinajstić information content (AvgIpc) is 2.60. The Bertz CT molecular complexity index is 867. The van der Waals surface area contributed by atoms with Crippen LogP contribution >= 0.6 is 23.4 Å². The van der Waals surface area contributed by atoms with E-state index in [0.29, 0.717) is 5.56 Å². The number of hydrogen-bond donors (Lipinski definition) is 0. The first-order chi connectivity index (χ1) is 11.6. The van der Waals surface area contributed by atoms with Crippen LogP contribution in [0, 0.1) is 11.3 Å². The molecule has 0 unspecified atom stereocenters. The molecule has 5 heteroatoms. The molecule has 124 valence electrons. The molecule has 1 aromatic heterocycles. The Morgan fingerprint density at radius 1 is 1.25 bits per heavy atom. The average molecular weight is 359 g/mol. The molecule has 0 amide bonds. The van der Waals surface area contributed by atoms with Crippen LogP contribution in [-0.2, 0) is 32.1 Å². The second-order valence-corrected chi connectivity index (χ2v) is 7.40. The molecule has 0 spiro atoms.